The maximum atomic E-state index is 5.85. The van der Waals surface area contributed by atoms with Gasteiger partial charge in [-0.2, -0.15) is 0 Å². The lowest BCUT2D eigenvalue weighted by Gasteiger charge is -2.27. The van der Waals surface area contributed by atoms with Gasteiger partial charge in [0.25, 0.3) is 0 Å². The van der Waals surface area contributed by atoms with Crippen molar-refractivity contribution < 1.29 is 4.74 Å². The first-order valence-corrected chi connectivity index (χ1v) is 5.36. The van der Waals surface area contributed by atoms with Crippen molar-refractivity contribution in [3.63, 3.8) is 0 Å². The average molecular weight is 207 g/mol. The van der Waals surface area contributed by atoms with Crippen molar-refractivity contribution in [1.29, 1.82) is 0 Å². The summed E-state index contributed by atoms with van der Waals surface area (Å²) in [7, 11) is 1.68. The summed E-state index contributed by atoms with van der Waals surface area (Å²) >= 11 is 0. The van der Waals surface area contributed by atoms with Gasteiger partial charge in [0.2, 0.25) is 0 Å². The molecule has 1 atom stereocenters. The van der Waals surface area contributed by atoms with Gasteiger partial charge in [-0.15, -0.1) is 0 Å². The van der Waals surface area contributed by atoms with E-state index in [1.54, 1.807) is 7.11 Å². The smallest absolute Gasteiger partial charge is 0.118 e. The summed E-state index contributed by atoms with van der Waals surface area (Å²) in [6.07, 6.45) is 0.985. The predicted molar refractivity (Wildman–Crippen MR) is 64.3 cm³/mol. The molecule has 0 aliphatic carbocycles. The van der Waals surface area contributed by atoms with Crippen molar-refractivity contribution in [2.24, 2.45) is 5.73 Å². The third-order valence-electron chi connectivity index (χ3n) is 2.70. The fourth-order valence-electron chi connectivity index (χ4n) is 1.96. The van der Waals surface area contributed by atoms with Crippen molar-refractivity contribution in [1.82, 2.24) is 0 Å². The first-order valence-electron chi connectivity index (χ1n) is 5.36. The predicted octanol–water partition coefficient (Wildman–Crippen LogP) is 2.71. The molecule has 0 saturated heterocycles. The molecule has 0 aliphatic heterocycles. The molecule has 0 bridgehead atoms. The van der Waals surface area contributed by atoms with Crippen LogP contribution in [0.5, 0.6) is 5.75 Å². The Morgan fingerprint density at radius 1 is 1.27 bits per heavy atom. The number of hydrogen-bond acceptors (Lipinski definition) is 2. The molecule has 0 heterocycles. The van der Waals surface area contributed by atoms with E-state index in [9.17, 15) is 0 Å². The number of nitrogens with two attached hydrogens (primary N) is 1. The Morgan fingerprint density at radius 2 is 1.80 bits per heavy atom. The van der Waals surface area contributed by atoms with Crippen molar-refractivity contribution in [2.75, 3.05) is 7.11 Å². The number of rotatable bonds is 4. The van der Waals surface area contributed by atoms with E-state index in [1.807, 2.05) is 19.1 Å². The van der Waals surface area contributed by atoms with Crippen LogP contribution in [-0.2, 0) is 5.41 Å². The second kappa shape index (κ2) is 4.67. The Hall–Kier alpha value is -1.02. The van der Waals surface area contributed by atoms with Gasteiger partial charge in [0.05, 0.1) is 7.11 Å². The van der Waals surface area contributed by atoms with Gasteiger partial charge in [-0.25, -0.2) is 0 Å². The number of benzene rings is 1. The molecule has 1 rings (SSSR count). The summed E-state index contributed by atoms with van der Waals surface area (Å²) in [5, 5.41) is 0. The second-order valence-corrected chi connectivity index (χ2v) is 4.79. The molecule has 0 unspecified atom stereocenters. The third kappa shape index (κ3) is 3.24. The minimum absolute atomic E-state index is 0.125. The zero-order chi connectivity index (χ0) is 11.5. The summed E-state index contributed by atoms with van der Waals surface area (Å²) in [5.74, 6) is 0.898. The van der Waals surface area contributed by atoms with Gasteiger partial charge in [0.15, 0.2) is 0 Å². The van der Waals surface area contributed by atoms with E-state index >= 15 is 0 Å². The van der Waals surface area contributed by atoms with E-state index in [1.165, 1.54) is 5.56 Å². The van der Waals surface area contributed by atoms with Gasteiger partial charge in [-0.1, -0.05) is 26.0 Å². The Bertz CT molecular complexity index is 301. The fourth-order valence-corrected chi connectivity index (χ4v) is 1.96. The van der Waals surface area contributed by atoms with Crippen LogP contribution < -0.4 is 10.5 Å². The van der Waals surface area contributed by atoms with Gasteiger partial charge in [-0.05, 0) is 36.5 Å². The monoisotopic (exact) mass is 207 g/mol. The molecule has 0 fully saturated rings. The standard InChI is InChI=1S/C13H21NO/c1-10(14)9-13(2,3)11-5-7-12(15-4)8-6-11/h5-8,10H,9,14H2,1-4H3/t10-/m0/s1. The summed E-state index contributed by atoms with van der Waals surface area (Å²) in [5.41, 5.74) is 7.28. The van der Waals surface area contributed by atoms with E-state index in [2.05, 4.69) is 26.0 Å². The molecule has 0 aliphatic rings. The SMILES string of the molecule is COc1ccc(C(C)(C)C[C@H](C)N)cc1. The van der Waals surface area contributed by atoms with E-state index in [0.29, 0.717) is 0 Å². The van der Waals surface area contributed by atoms with Crippen LogP contribution in [0.4, 0.5) is 0 Å². The molecule has 2 heteroatoms. The van der Waals surface area contributed by atoms with Gasteiger partial charge in [-0.3, -0.25) is 0 Å². The Kier molecular flexibility index (Phi) is 3.75. The fraction of sp³-hybridized carbons (Fsp3) is 0.538. The van der Waals surface area contributed by atoms with Crippen LogP contribution in [-0.4, -0.2) is 13.2 Å². The highest BCUT2D eigenvalue weighted by atomic mass is 16.5. The van der Waals surface area contributed by atoms with Crippen LogP contribution in [0.1, 0.15) is 32.8 Å². The van der Waals surface area contributed by atoms with Crippen LogP contribution in [0.15, 0.2) is 24.3 Å². The molecule has 1 aromatic rings. The molecule has 1 aromatic carbocycles. The lowest BCUT2D eigenvalue weighted by molar-refractivity contribution is 0.411. The highest BCUT2D eigenvalue weighted by Crippen LogP contribution is 2.29. The van der Waals surface area contributed by atoms with Crippen LogP contribution >= 0.6 is 0 Å². The van der Waals surface area contributed by atoms with Crippen LogP contribution in [0.2, 0.25) is 0 Å². The van der Waals surface area contributed by atoms with E-state index < -0.39 is 0 Å². The average Bonchev–Trinajstić information content (AvgIpc) is 2.16. The quantitative estimate of drug-likeness (QED) is 0.824. The lowest BCUT2D eigenvalue weighted by Crippen LogP contribution is -2.28. The highest BCUT2D eigenvalue weighted by Gasteiger charge is 2.21. The van der Waals surface area contributed by atoms with Crippen molar-refractivity contribution in [3.8, 4) is 5.75 Å². The van der Waals surface area contributed by atoms with Gasteiger partial charge < -0.3 is 10.5 Å². The largest absolute Gasteiger partial charge is 0.497 e. The minimum atomic E-state index is 0.125. The summed E-state index contributed by atoms with van der Waals surface area (Å²) < 4.78 is 5.14. The van der Waals surface area contributed by atoms with E-state index in [-0.39, 0.29) is 11.5 Å². The maximum Gasteiger partial charge on any atom is 0.118 e. The molecule has 84 valence electrons. The van der Waals surface area contributed by atoms with Gasteiger partial charge in [0, 0.05) is 6.04 Å². The van der Waals surface area contributed by atoms with Gasteiger partial charge in [0.1, 0.15) is 5.75 Å². The first kappa shape index (κ1) is 12.1. The topological polar surface area (TPSA) is 35.2 Å². The highest BCUT2D eigenvalue weighted by molar-refractivity contribution is 5.31. The second-order valence-electron chi connectivity index (χ2n) is 4.79. The minimum Gasteiger partial charge on any atom is -0.497 e. The summed E-state index contributed by atoms with van der Waals surface area (Å²) in [6, 6.07) is 8.45. The molecule has 0 radical (unpaired) electrons. The van der Waals surface area contributed by atoms with Crippen LogP contribution in [0, 0.1) is 0 Å². The van der Waals surface area contributed by atoms with Crippen molar-refractivity contribution in [3.05, 3.63) is 29.8 Å². The lowest BCUT2D eigenvalue weighted by atomic mass is 9.79. The van der Waals surface area contributed by atoms with Gasteiger partial charge >= 0.3 is 0 Å². The third-order valence-corrected chi connectivity index (χ3v) is 2.70. The molecule has 2 N–H and O–H groups in total. The summed E-state index contributed by atoms with van der Waals surface area (Å²) in [4.78, 5) is 0. The van der Waals surface area contributed by atoms with E-state index in [0.717, 1.165) is 12.2 Å². The zero-order valence-corrected chi connectivity index (χ0v) is 10.1. The van der Waals surface area contributed by atoms with Crippen molar-refractivity contribution in [2.45, 2.75) is 38.6 Å². The van der Waals surface area contributed by atoms with E-state index in [4.69, 9.17) is 10.5 Å². The number of ether oxygens (including phenoxy) is 1. The number of methoxy groups -OCH3 is 1. The first-order chi connectivity index (χ1) is 6.95. The molecule has 0 saturated carbocycles. The van der Waals surface area contributed by atoms with Crippen LogP contribution in [0.3, 0.4) is 0 Å². The molecular formula is C13H21NO. The Labute approximate surface area is 92.4 Å². The molecule has 0 spiro atoms. The zero-order valence-electron chi connectivity index (χ0n) is 10.1. The maximum absolute atomic E-state index is 5.85. The number of hydrogen-bond donors (Lipinski definition) is 1. The Balaban J connectivity index is 2.85. The molecule has 0 amide bonds. The normalized spacial score (nSPS) is 13.7. The van der Waals surface area contributed by atoms with Crippen molar-refractivity contribution >= 4 is 0 Å². The summed E-state index contributed by atoms with van der Waals surface area (Å²) in [6.45, 7) is 6.49. The molecule has 2 nitrogen and oxygen atoms in total. The van der Waals surface area contributed by atoms with Crippen LogP contribution in [0.25, 0.3) is 0 Å². The molecule has 15 heavy (non-hydrogen) atoms. The molecular weight excluding hydrogens is 186 g/mol. The Morgan fingerprint density at radius 3 is 2.20 bits per heavy atom. The molecule has 0 aromatic heterocycles.